The average Bonchev–Trinajstić information content (AvgIpc) is 3.05. The number of pyridine rings is 1. The minimum atomic E-state index is -0.741. The van der Waals surface area contributed by atoms with Crippen molar-refractivity contribution in [1.82, 2.24) is 9.88 Å². The van der Waals surface area contributed by atoms with Gasteiger partial charge in [-0.05, 0) is 48.4 Å². The standard InChI is InChI=1S/C25H21BrN2O4/c1-2-32-20-11-7-17(8-12-20)22-21(23(29)18-5-9-19(26)10-6-18)24(30)25(31)28(22)15-16-4-3-13-27-14-16/h3-14,22,29H,2,15H2,1H3/t22-/m1/s1. The topological polar surface area (TPSA) is 79.7 Å². The number of ketones is 1. The first-order valence-corrected chi connectivity index (χ1v) is 10.9. The Morgan fingerprint density at radius 3 is 2.44 bits per heavy atom. The Kier molecular flexibility index (Phi) is 6.37. The first kappa shape index (κ1) is 21.8. The Labute approximate surface area is 194 Å². The van der Waals surface area contributed by atoms with Gasteiger partial charge >= 0.3 is 0 Å². The molecule has 2 aromatic carbocycles. The van der Waals surface area contributed by atoms with Gasteiger partial charge in [-0.2, -0.15) is 0 Å². The van der Waals surface area contributed by atoms with Crippen molar-refractivity contribution in [3.63, 3.8) is 0 Å². The molecule has 1 atom stereocenters. The van der Waals surface area contributed by atoms with E-state index in [9.17, 15) is 14.7 Å². The Balaban J connectivity index is 1.83. The molecule has 1 fully saturated rings. The largest absolute Gasteiger partial charge is 0.507 e. The molecule has 1 N–H and O–H groups in total. The molecule has 162 valence electrons. The molecule has 1 aromatic heterocycles. The third kappa shape index (κ3) is 4.29. The molecule has 3 aromatic rings. The lowest BCUT2D eigenvalue weighted by Gasteiger charge is -2.25. The number of carbonyl (C=O) groups is 2. The van der Waals surface area contributed by atoms with E-state index in [1.165, 1.54) is 4.90 Å². The van der Waals surface area contributed by atoms with Crippen molar-refractivity contribution >= 4 is 33.4 Å². The van der Waals surface area contributed by atoms with Crippen molar-refractivity contribution in [1.29, 1.82) is 0 Å². The molecule has 1 amide bonds. The van der Waals surface area contributed by atoms with Gasteiger partial charge < -0.3 is 14.7 Å². The number of Topliss-reactive ketones (excluding diaryl/α,β-unsaturated/α-hetero) is 1. The summed E-state index contributed by atoms with van der Waals surface area (Å²) in [5.41, 5.74) is 2.01. The van der Waals surface area contributed by atoms with Crippen LogP contribution in [0.5, 0.6) is 5.75 Å². The van der Waals surface area contributed by atoms with Crippen molar-refractivity contribution in [3.8, 4) is 5.75 Å². The van der Waals surface area contributed by atoms with Crippen molar-refractivity contribution < 1.29 is 19.4 Å². The molecule has 7 heteroatoms. The summed E-state index contributed by atoms with van der Waals surface area (Å²) in [6, 6.07) is 17.0. The van der Waals surface area contributed by atoms with Crippen LogP contribution < -0.4 is 4.74 Å². The third-order valence-electron chi connectivity index (χ3n) is 5.24. The number of carbonyl (C=O) groups excluding carboxylic acids is 2. The molecule has 32 heavy (non-hydrogen) atoms. The van der Waals surface area contributed by atoms with Gasteiger partial charge in [0, 0.05) is 29.0 Å². The van der Waals surface area contributed by atoms with Crippen LogP contribution in [0.15, 0.2) is 83.1 Å². The van der Waals surface area contributed by atoms with Gasteiger partial charge in [-0.15, -0.1) is 0 Å². The molecular formula is C25H21BrN2O4. The number of hydrogen-bond donors (Lipinski definition) is 1. The van der Waals surface area contributed by atoms with Gasteiger partial charge in [0.1, 0.15) is 11.5 Å². The average molecular weight is 493 g/mol. The normalized spacial score (nSPS) is 17.6. The van der Waals surface area contributed by atoms with Gasteiger partial charge in [-0.1, -0.05) is 46.3 Å². The Morgan fingerprint density at radius 2 is 1.81 bits per heavy atom. The van der Waals surface area contributed by atoms with E-state index < -0.39 is 17.7 Å². The number of aliphatic hydroxyl groups excluding tert-OH is 1. The molecule has 0 aliphatic carbocycles. The minimum absolute atomic E-state index is 0.0605. The van der Waals surface area contributed by atoms with Crippen LogP contribution in [-0.2, 0) is 16.1 Å². The lowest BCUT2D eigenvalue weighted by atomic mass is 9.95. The number of amides is 1. The summed E-state index contributed by atoms with van der Waals surface area (Å²) >= 11 is 3.37. The molecule has 0 radical (unpaired) electrons. The van der Waals surface area contributed by atoms with E-state index in [1.54, 1.807) is 54.9 Å². The third-order valence-corrected chi connectivity index (χ3v) is 5.77. The first-order chi connectivity index (χ1) is 15.5. The van der Waals surface area contributed by atoms with Crippen molar-refractivity contribution in [3.05, 3.63) is 99.8 Å². The lowest BCUT2D eigenvalue weighted by Crippen LogP contribution is -2.29. The summed E-state index contributed by atoms with van der Waals surface area (Å²) in [5.74, 6) is -0.892. The van der Waals surface area contributed by atoms with E-state index in [-0.39, 0.29) is 17.9 Å². The number of hydrogen-bond acceptors (Lipinski definition) is 5. The Hall–Kier alpha value is -3.45. The van der Waals surface area contributed by atoms with Crippen LogP contribution in [0.1, 0.15) is 29.7 Å². The van der Waals surface area contributed by atoms with Gasteiger partial charge in [0.2, 0.25) is 0 Å². The highest BCUT2D eigenvalue weighted by molar-refractivity contribution is 9.10. The van der Waals surface area contributed by atoms with E-state index in [2.05, 4.69) is 20.9 Å². The number of rotatable bonds is 6. The zero-order chi connectivity index (χ0) is 22.7. The number of nitrogens with zero attached hydrogens (tertiary/aromatic N) is 2. The number of aromatic nitrogens is 1. The zero-order valence-electron chi connectivity index (χ0n) is 17.4. The summed E-state index contributed by atoms with van der Waals surface area (Å²) in [6.45, 7) is 2.62. The van der Waals surface area contributed by atoms with Crippen LogP contribution in [0, 0.1) is 0 Å². The number of likely N-dealkylation sites (tertiary alicyclic amines) is 1. The Morgan fingerprint density at radius 1 is 1.09 bits per heavy atom. The molecule has 0 saturated carbocycles. The molecule has 1 aliphatic heterocycles. The molecule has 4 rings (SSSR count). The van der Waals surface area contributed by atoms with Crippen molar-refractivity contribution in [2.45, 2.75) is 19.5 Å². The summed E-state index contributed by atoms with van der Waals surface area (Å²) in [5, 5.41) is 11.1. The van der Waals surface area contributed by atoms with Crippen LogP contribution >= 0.6 is 15.9 Å². The lowest BCUT2D eigenvalue weighted by molar-refractivity contribution is -0.140. The summed E-state index contributed by atoms with van der Waals surface area (Å²) < 4.78 is 6.36. The number of aliphatic hydroxyl groups is 1. The van der Waals surface area contributed by atoms with E-state index in [4.69, 9.17) is 4.74 Å². The molecular weight excluding hydrogens is 472 g/mol. The Bertz CT molecular complexity index is 1160. The van der Waals surface area contributed by atoms with Crippen molar-refractivity contribution in [2.75, 3.05) is 6.61 Å². The van der Waals surface area contributed by atoms with E-state index in [0.29, 0.717) is 23.5 Å². The van der Waals surface area contributed by atoms with Crippen molar-refractivity contribution in [2.24, 2.45) is 0 Å². The highest BCUT2D eigenvalue weighted by Crippen LogP contribution is 2.40. The molecule has 0 bridgehead atoms. The summed E-state index contributed by atoms with van der Waals surface area (Å²) in [4.78, 5) is 31.7. The number of benzene rings is 2. The maximum absolute atomic E-state index is 13.1. The predicted octanol–water partition coefficient (Wildman–Crippen LogP) is 4.86. The SMILES string of the molecule is CCOc1ccc([C@@H]2C(=C(O)c3ccc(Br)cc3)C(=O)C(=O)N2Cc2cccnc2)cc1. The van der Waals surface area contributed by atoms with E-state index in [0.717, 1.165) is 10.0 Å². The molecule has 1 saturated heterocycles. The number of ether oxygens (including phenoxy) is 1. The van der Waals surface area contributed by atoms with Gasteiger partial charge in [-0.3, -0.25) is 14.6 Å². The summed E-state index contributed by atoms with van der Waals surface area (Å²) in [6.07, 6.45) is 3.30. The highest BCUT2D eigenvalue weighted by atomic mass is 79.9. The van der Waals surface area contributed by atoms with E-state index in [1.807, 2.05) is 25.1 Å². The van der Waals surface area contributed by atoms with Gasteiger partial charge in [0.05, 0.1) is 18.2 Å². The van der Waals surface area contributed by atoms with Crippen LogP contribution in [0.25, 0.3) is 5.76 Å². The fourth-order valence-electron chi connectivity index (χ4n) is 3.75. The highest BCUT2D eigenvalue weighted by Gasteiger charge is 2.46. The van der Waals surface area contributed by atoms with Gasteiger partial charge in [0.25, 0.3) is 11.7 Å². The summed E-state index contributed by atoms with van der Waals surface area (Å²) in [7, 11) is 0. The molecule has 0 spiro atoms. The minimum Gasteiger partial charge on any atom is -0.507 e. The second-order valence-corrected chi connectivity index (χ2v) is 8.21. The van der Waals surface area contributed by atoms with Crippen LogP contribution in [-0.4, -0.2) is 33.3 Å². The smallest absolute Gasteiger partial charge is 0.295 e. The monoisotopic (exact) mass is 492 g/mol. The molecule has 2 heterocycles. The number of halogens is 1. The first-order valence-electron chi connectivity index (χ1n) is 10.2. The van der Waals surface area contributed by atoms with Gasteiger partial charge in [0.15, 0.2) is 0 Å². The maximum Gasteiger partial charge on any atom is 0.295 e. The molecule has 0 unspecified atom stereocenters. The zero-order valence-corrected chi connectivity index (χ0v) is 19.0. The van der Waals surface area contributed by atoms with Crippen LogP contribution in [0.2, 0.25) is 0 Å². The van der Waals surface area contributed by atoms with Crippen LogP contribution in [0.4, 0.5) is 0 Å². The maximum atomic E-state index is 13.1. The van der Waals surface area contributed by atoms with E-state index >= 15 is 0 Å². The molecule has 6 nitrogen and oxygen atoms in total. The predicted molar refractivity (Wildman–Crippen MR) is 124 cm³/mol. The van der Waals surface area contributed by atoms with Crippen LogP contribution in [0.3, 0.4) is 0 Å². The fraction of sp³-hybridized carbons (Fsp3) is 0.160. The quantitative estimate of drug-likeness (QED) is 0.301. The second-order valence-electron chi connectivity index (χ2n) is 7.30. The second kappa shape index (κ2) is 9.36. The fourth-order valence-corrected chi connectivity index (χ4v) is 4.02. The van der Waals surface area contributed by atoms with Gasteiger partial charge in [-0.25, -0.2) is 0 Å². The molecule has 1 aliphatic rings.